The maximum atomic E-state index is 12.1. The van der Waals surface area contributed by atoms with Crippen molar-refractivity contribution in [3.05, 3.63) is 41.0 Å². The summed E-state index contributed by atoms with van der Waals surface area (Å²) < 4.78 is 1.84. The fourth-order valence-corrected chi connectivity index (χ4v) is 3.14. The number of nitrogens with one attached hydrogen (secondary N) is 1. The molecule has 1 aromatic carbocycles. The lowest BCUT2D eigenvalue weighted by molar-refractivity contribution is -0.116. The van der Waals surface area contributed by atoms with E-state index in [0.29, 0.717) is 6.42 Å². The van der Waals surface area contributed by atoms with Crippen LogP contribution in [0, 0.1) is 6.92 Å². The molecule has 1 amide bonds. The quantitative estimate of drug-likeness (QED) is 0.568. The number of hydrogen-bond acceptors (Lipinski definition) is 3. The van der Waals surface area contributed by atoms with Crippen LogP contribution in [0.3, 0.4) is 0 Å². The Labute approximate surface area is 146 Å². The first-order chi connectivity index (χ1) is 11.0. The van der Waals surface area contributed by atoms with Crippen LogP contribution in [-0.2, 0) is 4.79 Å². The van der Waals surface area contributed by atoms with Crippen molar-refractivity contribution in [2.45, 2.75) is 44.6 Å². The van der Waals surface area contributed by atoms with E-state index in [0.717, 1.165) is 28.7 Å². The lowest BCUT2D eigenvalue weighted by atomic mass is 10.3. The van der Waals surface area contributed by atoms with Crippen LogP contribution in [0.1, 0.15) is 38.4 Å². The minimum absolute atomic E-state index is 0.0310. The second-order valence-electron chi connectivity index (χ2n) is 5.66. The predicted octanol–water partition coefficient (Wildman–Crippen LogP) is 4.94. The highest BCUT2D eigenvalue weighted by molar-refractivity contribution is 7.99. The van der Waals surface area contributed by atoms with Gasteiger partial charge < -0.3 is 5.32 Å². The zero-order valence-corrected chi connectivity index (χ0v) is 15.2. The molecule has 0 fully saturated rings. The Morgan fingerprint density at radius 2 is 2.04 bits per heavy atom. The molecule has 0 spiro atoms. The van der Waals surface area contributed by atoms with Crippen LogP contribution in [0.15, 0.2) is 35.2 Å². The van der Waals surface area contributed by atoms with Gasteiger partial charge in [0, 0.05) is 28.4 Å². The summed E-state index contributed by atoms with van der Waals surface area (Å²) >= 11 is 7.59. The molecule has 1 aromatic heterocycles. The third-order valence-electron chi connectivity index (χ3n) is 3.25. The van der Waals surface area contributed by atoms with Crippen LogP contribution < -0.4 is 5.32 Å². The van der Waals surface area contributed by atoms with Gasteiger partial charge in [0.25, 0.3) is 0 Å². The molecule has 124 valence electrons. The standard InChI is InChI=1S/C17H22ClN3OS/c1-12(2)21-16(11-13(3)20-21)19-17(22)5-4-10-23-15-8-6-14(18)7-9-15/h6-9,11-12H,4-5,10H2,1-3H3,(H,19,22). The van der Waals surface area contributed by atoms with Crippen LogP contribution in [0.5, 0.6) is 0 Å². The van der Waals surface area contributed by atoms with Gasteiger partial charge in [0.15, 0.2) is 0 Å². The second-order valence-corrected chi connectivity index (χ2v) is 7.27. The van der Waals surface area contributed by atoms with Gasteiger partial charge in [-0.2, -0.15) is 5.10 Å². The van der Waals surface area contributed by atoms with Crippen LogP contribution in [0.2, 0.25) is 5.02 Å². The molecule has 23 heavy (non-hydrogen) atoms. The SMILES string of the molecule is Cc1cc(NC(=O)CCCSc2ccc(Cl)cc2)n(C(C)C)n1. The predicted molar refractivity (Wildman–Crippen MR) is 97.4 cm³/mol. The summed E-state index contributed by atoms with van der Waals surface area (Å²) in [6.07, 6.45) is 1.33. The molecular weight excluding hydrogens is 330 g/mol. The molecule has 0 saturated heterocycles. The zero-order chi connectivity index (χ0) is 16.8. The maximum absolute atomic E-state index is 12.1. The number of carbonyl (C=O) groups excluding carboxylic acids is 1. The number of carbonyl (C=O) groups is 1. The molecule has 0 saturated carbocycles. The van der Waals surface area contributed by atoms with Gasteiger partial charge >= 0.3 is 0 Å². The summed E-state index contributed by atoms with van der Waals surface area (Å²) in [6, 6.07) is 9.88. The smallest absolute Gasteiger partial charge is 0.225 e. The van der Waals surface area contributed by atoms with Crippen molar-refractivity contribution in [1.82, 2.24) is 9.78 Å². The molecule has 1 N–H and O–H groups in total. The number of benzene rings is 1. The van der Waals surface area contributed by atoms with E-state index >= 15 is 0 Å². The van der Waals surface area contributed by atoms with Gasteiger partial charge in [-0.3, -0.25) is 4.79 Å². The Bertz CT molecular complexity index is 652. The molecule has 0 aliphatic rings. The van der Waals surface area contributed by atoms with Crippen LogP contribution in [0.25, 0.3) is 0 Å². The lowest BCUT2D eigenvalue weighted by Gasteiger charge is -2.11. The molecular formula is C17H22ClN3OS. The number of halogens is 1. The molecule has 0 aliphatic carbocycles. The number of aryl methyl sites for hydroxylation is 1. The van der Waals surface area contributed by atoms with Crippen molar-refractivity contribution in [2.75, 3.05) is 11.1 Å². The van der Waals surface area contributed by atoms with Gasteiger partial charge in [-0.15, -0.1) is 11.8 Å². The summed E-state index contributed by atoms with van der Waals surface area (Å²) in [5.41, 5.74) is 0.910. The van der Waals surface area contributed by atoms with Crippen molar-refractivity contribution in [3.8, 4) is 0 Å². The van der Waals surface area contributed by atoms with Gasteiger partial charge in [0.05, 0.1) is 5.69 Å². The summed E-state index contributed by atoms with van der Waals surface area (Å²) in [5, 5.41) is 8.09. The zero-order valence-electron chi connectivity index (χ0n) is 13.7. The Kier molecular flexibility index (Phi) is 6.54. The molecule has 2 rings (SSSR count). The Balaban J connectivity index is 1.76. The van der Waals surface area contributed by atoms with Crippen molar-refractivity contribution in [1.29, 1.82) is 0 Å². The Morgan fingerprint density at radius 3 is 2.70 bits per heavy atom. The van der Waals surface area contributed by atoms with E-state index in [2.05, 4.69) is 10.4 Å². The van der Waals surface area contributed by atoms with Crippen LogP contribution in [-0.4, -0.2) is 21.4 Å². The van der Waals surface area contributed by atoms with Crippen LogP contribution in [0.4, 0.5) is 5.82 Å². The van der Waals surface area contributed by atoms with Gasteiger partial charge in [0.2, 0.25) is 5.91 Å². The number of amides is 1. The normalized spacial score (nSPS) is 11.0. The van der Waals surface area contributed by atoms with E-state index in [1.807, 2.05) is 55.8 Å². The highest BCUT2D eigenvalue weighted by Crippen LogP contribution is 2.22. The van der Waals surface area contributed by atoms with E-state index in [1.165, 1.54) is 4.90 Å². The van der Waals surface area contributed by atoms with Gasteiger partial charge in [-0.1, -0.05) is 11.6 Å². The largest absolute Gasteiger partial charge is 0.311 e. The summed E-state index contributed by atoms with van der Waals surface area (Å²) in [7, 11) is 0. The third kappa shape index (κ3) is 5.59. The van der Waals surface area contributed by atoms with Crippen molar-refractivity contribution >= 4 is 35.1 Å². The van der Waals surface area contributed by atoms with E-state index in [1.54, 1.807) is 11.8 Å². The minimum atomic E-state index is 0.0310. The first-order valence-electron chi connectivity index (χ1n) is 7.70. The monoisotopic (exact) mass is 351 g/mol. The van der Waals surface area contributed by atoms with Crippen molar-refractivity contribution in [3.63, 3.8) is 0 Å². The van der Waals surface area contributed by atoms with Crippen LogP contribution >= 0.6 is 23.4 Å². The summed E-state index contributed by atoms with van der Waals surface area (Å²) in [5.74, 6) is 1.70. The number of hydrogen-bond donors (Lipinski definition) is 1. The summed E-state index contributed by atoms with van der Waals surface area (Å²) in [4.78, 5) is 13.2. The molecule has 0 atom stereocenters. The number of aromatic nitrogens is 2. The third-order valence-corrected chi connectivity index (χ3v) is 4.60. The fraction of sp³-hybridized carbons (Fsp3) is 0.412. The molecule has 0 bridgehead atoms. The molecule has 2 aromatic rings. The van der Waals surface area contributed by atoms with Crippen molar-refractivity contribution < 1.29 is 4.79 Å². The summed E-state index contributed by atoms with van der Waals surface area (Å²) in [6.45, 7) is 6.02. The molecule has 6 heteroatoms. The molecule has 4 nitrogen and oxygen atoms in total. The van der Waals surface area contributed by atoms with Gasteiger partial charge in [-0.25, -0.2) is 4.68 Å². The van der Waals surface area contributed by atoms with E-state index in [9.17, 15) is 4.79 Å². The maximum Gasteiger partial charge on any atom is 0.225 e. The first kappa shape index (κ1) is 17.9. The van der Waals surface area contributed by atoms with E-state index in [4.69, 9.17) is 11.6 Å². The Morgan fingerprint density at radius 1 is 1.35 bits per heavy atom. The van der Waals surface area contributed by atoms with E-state index < -0.39 is 0 Å². The molecule has 0 radical (unpaired) electrons. The minimum Gasteiger partial charge on any atom is -0.311 e. The Hall–Kier alpha value is -1.46. The highest BCUT2D eigenvalue weighted by Gasteiger charge is 2.11. The van der Waals surface area contributed by atoms with Gasteiger partial charge in [-0.05, 0) is 57.2 Å². The number of thioether (sulfide) groups is 1. The van der Waals surface area contributed by atoms with E-state index in [-0.39, 0.29) is 11.9 Å². The molecule has 0 aliphatic heterocycles. The average molecular weight is 352 g/mol. The number of rotatable bonds is 7. The molecule has 0 unspecified atom stereocenters. The number of anilines is 1. The second kappa shape index (κ2) is 8.41. The van der Waals surface area contributed by atoms with Crippen molar-refractivity contribution in [2.24, 2.45) is 0 Å². The average Bonchev–Trinajstić information content (AvgIpc) is 2.86. The topological polar surface area (TPSA) is 46.9 Å². The molecule has 1 heterocycles. The van der Waals surface area contributed by atoms with Gasteiger partial charge in [0.1, 0.15) is 5.82 Å². The first-order valence-corrected chi connectivity index (χ1v) is 9.06. The number of nitrogens with zero attached hydrogens (tertiary/aromatic N) is 2. The highest BCUT2D eigenvalue weighted by atomic mass is 35.5. The fourth-order valence-electron chi connectivity index (χ4n) is 2.16. The lowest BCUT2D eigenvalue weighted by Crippen LogP contribution is -2.16.